The first-order chi connectivity index (χ1) is 15.0. The SMILES string of the molecule is CCCCCN1C(=O)C(=O)/C(=C(\O)c2ccc(OC)cc2)C1c1ccc(OCC)cc1. The van der Waals surface area contributed by atoms with Gasteiger partial charge in [0.2, 0.25) is 0 Å². The summed E-state index contributed by atoms with van der Waals surface area (Å²) >= 11 is 0. The summed E-state index contributed by atoms with van der Waals surface area (Å²) in [5.74, 6) is -0.0735. The average molecular weight is 424 g/mol. The Kier molecular flexibility index (Phi) is 7.34. The summed E-state index contributed by atoms with van der Waals surface area (Å²) in [7, 11) is 1.56. The van der Waals surface area contributed by atoms with Gasteiger partial charge in [0.1, 0.15) is 17.3 Å². The van der Waals surface area contributed by atoms with Gasteiger partial charge in [-0.25, -0.2) is 0 Å². The van der Waals surface area contributed by atoms with Crippen LogP contribution in [0.4, 0.5) is 0 Å². The molecule has 1 unspecified atom stereocenters. The molecule has 1 amide bonds. The third-order valence-corrected chi connectivity index (χ3v) is 5.41. The highest BCUT2D eigenvalue weighted by atomic mass is 16.5. The number of hydrogen-bond donors (Lipinski definition) is 1. The number of carbonyl (C=O) groups excluding carboxylic acids is 2. The second kappa shape index (κ2) is 10.2. The fourth-order valence-corrected chi connectivity index (χ4v) is 3.81. The molecule has 1 aliphatic heterocycles. The molecule has 1 saturated heterocycles. The molecule has 0 radical (unpaired) electrons. The van der Waals surface area contributed by atoms with Crippen LogP contribution in [0.15, 0.2) is 54.1 Å². The normalized spacial score (nSPS) is 17.8. The molecule has 3 rings (SSSR count). The van der Waals surface area contributed by atoms with Crippen LogP contribution < -0.4 is 9.47 Å². The Balaban J connectivity index is 2.06. The van der Waals surface area contributed by atoms with Crippen molar-refractivity contribution >= 4 is 17.4 Å². The number of carbonyl (C=O) groups is 2. The van der Waals surface area contributed by atoms with Crippen molar-refractivity contribution in [3.8, 4) is 11.5 Å². The number of likely N-dealkylation sites (tertiary alicyclic amines) is 1. The number of ether oxygens (including phenoxy) is 2. The van der Waals surface area contributed by atoms with E-state index in [-0.39, 0.29) is 11.3 Å². The fourth-order valence-electron chi connectivity index (χ4n) is 3.81. The number of aliphatic hydroxyl groups excluding tert-OH is 1. The van der Waals surface area contributed by atoms with Crippen molar-refractivity contribution in [2.24, 2.45) is 0 Å². The quantitative estimate of drug-likeness (QED) is 0.274. The van der Waals surface area contributed by atoms with Crippen LogP contribution in [0.2, 0.25) is 0 Å². The van der Waals surface area contributed by atoms with E-state index in [2.05, 4.69) is 6.92 Å². The monoisotopic (exact) mass is 423 g/mol. The van der Waals surface area contributed by atoms with E-state index in [1.165, 1.54) is 0 Å². The molecule has 1 atom stereocenters. The fraction of sp³-hybridized carbons (Fsp3) is 0.360. The number of Topliss-reactive ketones (excluding diaryl/α,β-unsaturated/α-hetero) is 1. The van der Waals surface area contributed by atoms with E-state index < -0.39 is 17.7 Å². The summed E-state index contributed by atoms with van der Waals surface area (Å²) in [4.78, 5) is 27.4. The molecule has 1 aliphatic rings. The zero-order valence-corrected chi connectivity index (χ0v) is 18.3. The van der Waals surface area contributed by atoms with Gasteiger partial charge in [-0.3, -0.25) is 9.59 Å². The van der Waals surface area contributed by atoms with E-state index in [1.54, 1.807) is 36.3 Å². The number of rotatable bonds is 9. The minimum atomic E-state index is -0.663. The van der Waals surface area contributed by atoms with Crippen LogP contribution in [0.1, 0.15) is 50.3 Å². The van der Waals surface area contributed by atoms with Crippen LogP contribution in [0, 0.1) is 0 Å². The van der Waals surface area contributed by atoms with Gasteiger partial charge in [-0.2, -0.15) is 0 Å². The molecule has 2 aromatic carbocycles. The van der Waals surface area contributed by atoms with Crippen LogP contribution in [-0.4, -0.2) is 42.0 Å². The van der Waals surface area contributed by atoms with Gasteiger partial charge in [-0.1, -0.05) is 31.9 Å². The topological polar surface area (TPSA) is 76.1 Å². The second-order valence-corrected chi connectivity index (χ2v) is 7.43. The molecule has 1 heterocycles. The van der Waals surface area contributed by atoms with Crippen LogP contribution in [0.5, 0.6) is 11.5 Å². The molecule has 0 saturated carbocycles. The summed E-state index contributed by atoms with van der Waals surface area (Å²) in [6.07, 6.45) is 2.75. The predicted molar refractivity (Wildman–Crippen MR) is 119 cm³/mol. The first kappa shape index (κ1) is 22.4. The Hall–Kier alpha value is -3.28. The van der Waals surface area contributed by atoms with Crippen LogP contribution in [0.3, 0.4) is 0 Å². The highest BCUT2D eigenvalue weighted by Gasteiger charge is 2.45. The van der Waals surface area contributed by atoms with E-state index in [0.29, 0.717) is 30.2 Å². The Morgan fingerprint density at radius 3 is 2.19 bits per heavy atom. The first-order valence-corrected chi connectivity index (χ1v) is 10.7. The number of methoxy groups -OCH3 is 1. The molecule has 0 bridgehead atoms. The number of ketones is 1. The van der Waals surface area contributed by atoms with Crippen molar-refractivity contribution in [3.05, 3.63) is 65.2 Å². The molecule has 31 heavy (non-hydrogen) atoms. The van der Waals surface area contributed by atoms with Gasteiger partial charge in [-0.05, 0) is 55.3 Å². The van der Waals surface area contributed by atoms with Gasteiger partial charge in [0.05, 0.1) is 25.3 Å². The number of unbranched alkanes of at least 4 members (excludes halogenated alkanes) is 2. The average Bonchev–Trinajstić information content (AvgIpc) is 3.04. The van der Waals surface area contributed by atoms with Crippen LogP contribution in [-0.2, 0) is 9.59 Å². The number of amides is 1. The number of aliphatic hydroxyl groups is 1. The lowest BCUT2D eigenvalue weighted by Crippen LogP contribution is -2.30. The lowest BCUT2D eigenvalue weighted by molar-refractivity contribution is -0.139. The molecule has 0 spiro atoms. The molecule has 6 nitrogen and oxygen atoms in total. The molecular weight excluding hydrogens is 394 g/mol. The third kappa shape index (κ3) is 4.74. The number of nitrogens with zero attached hydrogens (tertiary/aromatic N) is 1. The molecule has 0 aliphatic carbocycles. The highest BCUT2D eigenvalue weighted by molar-refractivity contribution is 6.46. The molecule has 1 N–H and O–H groups in total. The van der Waals surface area contributed by atoms with Crippen molar-refractivity contribution in [2.75, 3.05) is 20.3 Å². The predicted octanol–water partition coefficient (Wildman–Crippen LogP) is 4.71. The van der Waals surface area contributed by atoms with Gasteiger partial charge in [0.15, 0.2) is 0 Å². The molecular formula is C25H29NO5. The van der Waals surface area contributed by atoms with Crippen molar-refractivity contribution in [1.29, 1.82) is 0 Å². The third-order valence-electron chi connectivity index (χ3n) is 5.41. The van der Waals surface area contributed by atoms with Gasteiger partial charge >= 0.3 is 0 Å². The maximum absolute atomic E-state index is 13.0. The summed E-state index contributed by atoms with van der Waals surface area (Å²) in [5, 5.41) is 11.0. The minimum absolute atomic E-state index is 0.107. The summed E-state index contributed by atoms with van der Waals surface area (Å²) in [6, 6.07) is 13.4. The van der Waals surface area contributed by atoms with Crippen molar-refractivity contribution in [3.63, 3.8) is 0 Å². The highest BCUT2D eigenvalue weighted by Crippen LogP contribution is 2.40. The van der Waals surface area contributed by atoms with Crippen molar-refractivity contribution in [2.45, 2.75) is 39.2 Å². The maximum Gasteiger partial charge on any atom is 0.295 e. The van der Waals surface area contributed by atoms with E-state index in [4.69, 9.17) is 9.47 Å². The second-order valence-electron chi connectivity index (χ2n) is 7.43. The molecule has 0 aromatic heterocycles. The number of benzene rings is 2. The Morgan fingerprint density at radius 1 is 0.968 bits per heavy atom. The van der Waals surface area contributed by atoms with Crippen LogP contribution >= 0.6 is 0 Å². The zero-order chi connectivity index (χ0) is 22.4. The van der Waals surface area contributed by atoms with E-state index >= 15 is 0 Å². The lowest BCUT2D eigenvalue weighted by Gasteiger charge is -2.25. The molecule has 1 fully saturated rings. The molecule has 2 aromatic rings. The largest absolute Gasteiger partial charge is 0.507 e. The molecule has 164 valence electrons. The van der Waals surface area contributed by atoms with E-state index in [1.807, 2.05) is 31.2 Å². The van der Waals surface area contributed by atoms with Gasteiger partial charge in [0.25, 0.3) is 11.7 Å². The first-order valence-electron chi connectivity index (χ1n) is 10.7. The smallest absolute Gasteiger partial charge is 0.295 e. The summed E-state index contributed by atoms with van der Waals surface area (Å²) in [6.45, 7) is 5.00. The summed E-state index contributed by atoms with van der Waals surface area (Å²) < 4.78 is 10.7. The lowest BCUT2D eigenvalue weighted by atomic mass is 9.95. The minimum Gasteiger partial charge on any atom is -0.507 e. The van der Waals surface area contributed by atoms with Crippen molar-refractivity contribution in [1.82, 2.24) is 4.90 Å². The van der Waals surface area contributed by atoms with Gasteiger partial charge < -0.3 is 19.5 Å². The van der Waals surface area contributed by atoms with Crippen LogP contribution in [0.25, 0.3) is 5.76 Å². The molecule has 6 heteroatoms. The summed E-state index contributed by atoms with van der Waals surface area (Å²) in [5.41, 5.74) is 1.33. The van der Waals surface area contributed by atoms with Gasteiger partial charge in [0, 0.05) is 12.1 Å². The zero-order valence-electron chi connectivity index (χ0n) is 18.3. The number of hydrogen-bond acceptors (Lipinski definition) is 5. The standard InChI is InChI=1S/C25H29NO5/c1-4-6-7-16-26-22(17-8-14-20(15-9-17)31-5-2)21(24(28)25(26)29)23(27)18-10-12-19(30-3)13-11-18/h8-15,22,27H,4-7,16H2,1-3H3/b23-21-. The maximum atomic E-state index is 13.0. The van der Waals surface area contributed by atoms with Gasteiger partial charge in [-0.15, -0.1) is 0 Å². The Morgan fingerprint density at radius 2 is 1.61 bits per heavy atom. The Labute approximate surface area is 183 Å². The van der Waals surface area contributed by atoms with Crippen molar-refractivity contribution < 1.29 is 24.2 Å². The van der Waals surface area contributed by atoms with E-state index in [0.717, 1.165) is 24.8 Å². The Bertz CT molecular complexity index is 947. The van der Waals surface area contributed by atoms with E-state index in [9.17, 15) is 14.7 Å².